The summed E-state index contributed by atoms with van der Waals surface area (Å²) in [6, 6.07) is 12.3. The molecule has 0 amide bonds. The highest BCUT2D eigenvalue weighted by Gasteiger charge is 2.01. The van der Waals surface area contributed by atoms with Gasteiger partial charge in [0.25, 0.3) is 0 Å². The van der Waals surface area contributed by atoms with E-state index in [9.17, 15) is 4.39 Å². The minimum Gasteiger partial charge on any atom is -0.495 e. The fourth-order valence-electron chi connectivity index (χ4n) is 1.62. The van der Waals surface area contributed by atoms with Crippen LogP contribution in [0.3, 0.4) is 0 Å². The van der Waals surface area contributed by atoms with Crippen LogP contribution in [0.1, 0.15) is 5.56 Å². The van der Waals surface area contributed by atoms with E-state index in [4.69, 9.17) is 4.74 Å². The van der Waals surface area contributed by atoms with Gasteiger partial charge in [-0.1, -0.05) is 12.1 Å². The van der Waals surface area contributed by atoms with Gasteiger partial charge in [0.2, 0.25) is 0 Å². The molecule has 0 atom stereocenters. The van der Waals surface area contributed by atoms with Crippen molar-refractivity contribution in [2.45, 2.75) is 6.54 Å². The number of benzene rings is 2. The summed E-state index contributed by atoms with van der Waals surface area (Å²) < 4.78 is 19.1. The molecule has 0 unspecified atom stereocenters. The summed E-state index contributed by atoms with van der Waals surface area (Å²) in [6.07, 6.45) is 0. The lowest BCUT2D eigenvalue weighted by Crippen LogP contribution is -2.00. The predicted octanol–water partition coefficient (Wildman–Crippen LogP) is 4.21. The minimum absolute atomic E-state index is 0.220. The third-order valence-electron chi connectivity index (χ3n) is 2.54. The van der Waals surface area contributed by atoms with Gasteiger partial charge in [-0.3, -0.25) is 0 Å². The second kappa shape index (κ2) is 5.87. The molecular formula is C14H13BrFNO. The third-order valence-corrected chi connectivity index (χ3v) is 3.19. The molecule has 94 valence electrons. The molecule has 0 aromatic heterocycles. The first-order valence-electron chi connectivity index (χ1n) is 5.51. The zero-order valence-corrected chi connectivity index (χ0v) is 11.5. The summed E-state index contributed by atoms with van der Waals surface area (Å²) in [7, 11) is 1.62. The van der Waals surface area contributed by atoms with Crippen LogP contribution in [0.15, 0.2) is 46.9 Å². The average Bonchev–Trinajstić information content (AvgIpc) is 2.38. The van der Waals surface area contributed by atoms with Crippen molar-refractivity contribution >= 4 is 21.6 Å². The zero-order chi connectivity index (χ0) is 13.0. The molecular weight excluding hydrogens is 297 g/mol. The highest BCUT2D eigenvalue weighted by atomic mass is 79.9. The lowest BCUT2D eigenvalue weighted by molar-refractivity contribution is 0.412. The topological polar surface area (TPSA) is 21.3 Å². The highest BCUT2D eigenvalue weighted by Crippen LogP contribution is 2.28. The number of rotatable bonds is 4. The molecule has 0 aliphatic heterocycles. The van der Waals surface area contributed by atoms with Gasteiger partial charge in [-0.15, -0.1) is 0 Å². The summed E-state index contributed by atoms with van der Waals surface area (Å²) >= 11 is 3.39. The Labute approximate surface area is 114 Å². The number of halogens is 2. The van der Waals surface area contributed by atoms with E-state index in [1.807, 2.05) is 24.3 Å². The van der Waals surface area contributed by atoms with Gasteiger partial charge in [0.05, 0.1) is 11.6 Å². The molecule has 0 fully saturated rings. The maximum absolute atomic E-state index is 13.0. The Morgan fingerprint density at radius 2 is 2.06 bits per heavy atom. The van der Waals surface area contributed by atoms with Crippen LogP contribution in [-0.2, 0) is 6.54 Å². The fourth-order valence-corrected chi connectivity index (χ4v) is 2.03. The van der Waals surface area contributed by atoms with Crippen molar-refractivity contribution in [3.05, 3.63) is 58.3 Å². The molecule has 18 heavy (non-hydrogen) atoms. The van der Waals surface area contributed by atoms with E-state index < -0.39 is 0 Å². The predicted molar refractivity (Wildman–Crippen MR) is 74.4 cm³/mol. The van der Waals surface area contributed by atoms with Crippen molar-refractivity contribution < 1.29 is 9.13 Å². The van der Waals surface area contributed by atoms with Crippen LogP contribution in [0.5, 0.6) is 5.75 Å². The van der Waals surface area contributed by atoms with Crippen molar-refractivity contribution in [3.8, 4) is 5.75 Å². The molecule has 0 aliphatic carbocycles. The smallest absolute Gasteiger partial charge is 0.135 e. The number of anilines is 1. The first-order valence-corrected chi connectivity index (χ1v) is 6.30. The quantitative estimate of drug-likeness (QED) is 0.913. The molecule has 4 heteroatoms. The minimum atomic E-state index is -0.220. The Kier molecular flexibility index (Phi) is 4.20. The van der Waals surface area contributed by atoms with Crippen molar-refractivity contribution in [1.29, 1.82) is 0 Å². The van der Waals surface area contributed by atoms with Crippen molar-refractivity contribution in [3.63, 3.8) is 0 Å². The first kappa shape index (κ1) is 12.9. The third kappa shape index (κ3) is 3.23. The number of hydrogen-bond donors (Lipinski definition) is 1. The van der Waals surface area contributed by atoms with Gasteiger partial charge in [0.15, 0.2) is 0 Å². The van der Waals surface area contributed by atoms with Gasteiger partial charge in [0, 0.05) is 18.3 Å². The number of methoxy groups -OCH3 is 1. The first-order chi connectivity index (χ1) is 8.69. The standard InChI is InChI=1S/C14H13BrFNO/c1-18-14-8-12(5-6-13(14)15)17-9-10-3-2-4-11(16)7-10/h2-8,17H,9H2,1H3. The van der Waals surface area contributed by atoms with Crippen LogP contribution in [0, 0.1) is 5.82 Å². The van der Waals surface area contributed by atoms with E-state index in [0.29, 0.717) is 6.54 Å². The maximum atomic E-state index is 13.0. The summed E-state index contributed by atoms with van der Waals surface area (Å²) in [5.41, 5.74) is 1.83. The van der Waals surface area contributed by atoms with Crippen LogP contribution in [0.2, 0.25) is 0 Å². The molecule has 2 rings (SSSR count). The number of ether oxygens (including phenoxy) is 1. The van der Waals surface area contributed by atoms with E-state index >= 15 is 0 Å². The summed E-state index contributed by atoms with van der Waals surface area (Å²) in [5.74, 6) is 0.543. The molecule has 0 aliphatic rings. The second-order valence-corrected chi connectivity index (χ2v) is 4.69. The van der Waals surface area contributed by atoms with E-state index in [0.717, 1.165) is 21.5 Å². The van der Waals surface area contributed by atoms with Crippen LogP contribution in [0.25, 0.3) is 0 Å². The molecule has 0 saturated heterocycles. The zero-order valence-electron chi connectivity index (χ0n) is 9.91. The van der Waals surface area contributed by atoms with Crippen LogP contribution in [0.4, 0.5) is 10.1 Å². The van der Waals surface area contributed by atoms with E-state index in [1.54, 1.807) is 13.2 Å². The molecule has 0 spiro atoms. The molecule has 1 N–H and O–H groups in total. The molecule has 0 bridgehead atoms. The van der Waals surface area contributed by atoms with E-state index in [-0.39, 0.29) is 5.82 Å². The maximum Gasteiger partial charge on any atom is 0.135 e. The second-order valence-electron chi connectivity index (χ2n) is 3.83. The lowest BCUT2D eigenvalue weighted by Gasteiger charge is -2.09. The largest absolute Gasteiger partial charge is 0.495 e. The van der Waals surface area contributed by atoms with Gasteiger partial charge < -0.3 is 10.1 Å². The Morgan fingerprint density at radius 3 is 2.78 bits per heavy atom. The Morgan fingerprint density at radius 1 is 1.22 bits per heavy atom. The SMILES string of the molecule is COc1cc(NCc2cccc(F)c2)ccc1Br. The summed E-state index contributed by atoms with van der Waals surface area (Å²) in [5, 5.41) is 3.22. The summed E-state index contributed by atoms with van der Waals surface area (Å²) in [6.45, 7) is 0.572. The molecule has 0 heterocycles. The van der Waals surface area contributed by atoms with Crippen molar-refractivity contribution in [2.75, 3.05) is 12.4 Å². The summed E-state index contributed by atoms with van der Waals surface area (Å²) in [4.78, 5) is 0. The molecule has 0 radical (unpaired) electrons. The molecule has 2 aromatic carbocycles. The normalized spacial score (nSPS) is 10.2. The number of hydrogen-bond acceptors (Lipinski definition) is 2. The van der Waals surface area contributed by atoms with E-state index in [2.05, 4.69) is 21.2 Å². The van der Waals surface area contributed by atoms with Crippen LogP contribution in [-0.4, -0.2) is 7.11 Å². The van der Waals surface area contributed by atoms with Crippen LogP contribution < -0.4 is 10.1 Å². The van der Waals surface area contributed by atoms with Gasteiger partial charge in [-0.25, -0.2) is 4.39 Å². The van der Waals surface area contributed by atoms with Gasteiger partial charge >= 0.3 is 0 Å². The fraction of sp³-hybridized carbons (Fsp3) is 0.143. The van der Waals surface area contributed by atoms with Gasteiger partial charge in [0.1, 0.15) is 11.6 Å². The average molecular weight is 310 g/mol. The van der Waals surface area contributed by atoms with Crippen molar-refractivity contribution in [1.82, 2.24) is 0 Å². The molecule has 2 nitrogen and oxygen atoms in total. The Balaban J connectivity index is 2.06. The Hall–Kier alpha value is -1.55. The Bertz CT molecular complexity index is 545. The molecule has 0 saturated carbocycles. The molecule has 2 aromatic rings. The van der Waals surface area contributed by atoms with Gasteiger partial charge in [-0.05, 0) is 45.8 Å². The van der Waals surface area contributed by atoms with Gasteiger partial charge in [-0.2, -0.15) is 0 Å². The highest BCUT2D eigenvalue weighted by molar-refractivity contribution is 9.10. The van der Waals surface area contributed by atoms with Crippen molar-refractivity contribution in [2.24, 2.45) is 0 Å². The van der Waals surface area contributed by atoms with Crippen LogP contribution >= 0.6 is 15.9 Å². The van der Waals surface area contributed by atoms with E-state index in [1.165, 1.54) is 12.1 Å². The number of nitrogens with one attached hydrogen (secondary N) is 1. The lowest BCUT2D eigenvalue weighted by atomic mass is 10.2. The monoisotopic (exact) mass is 309 g/mol.